The maximum Gasteiger partial charge on any atom is 0.259 e. The number of hydrogen-bond donors (Lipinski definition) is 1. The molecule has 6 heteroatoms. The zero-order valence-corrected chi connectivity index (χ0v) is 11.3. The molecule has 1 fully saturated rings. The van der Waals surface area contributed by atoms with Crippen LogP contribution in [0.5, 0.6) is 0 Å². The van der Waals surface area contributed by atoms with Gasteiger partial charge in [0.25, 0.3) is 5.91 Å². The van der Waals surface area contributed by atoms with Crippen molar-refractivity contribution in [3.05, 3.63) is 35.1 Å². The Bertz CT molecular complexity index is 476. The second kappa shape index (κ2) is 6.26. The van der Waals surface area contributed by atoms with E-state index in [1.165, 1.54) is 4.90 Å². The molecule has 0 aromatic heterocycles. The molecule has 110 valence electrons. The molecule has 0 spiro atoms. The van der Waals surface area contributed by atoms with Crippen LogP contribution in [0.2, 0.25) is 0 Å². The van der Waals surface area contributed by atoms with Gasteiger partial charge in [0.1, 0.15) is 23.0 Å². The number of piperidine rings is 1. The summed E-state index contributed by atoms with van der Waals surface area (Å²) in [5.74, 6) is -3.56. The third-order valence-electron chi connectivity index (χ3n) is 3.62. The van der Waals surface area contributed by atoms with Crippen LogP contribution in [0.15, 0.2) is 12.1 Å². The second-order valence-electron chi connectivity index (χ2n) is 5.04. The molecule has 1 amide bonds. The van der Waals surface area contributed by atoms with Crippen molar-refractivity contribution in [3.8, 4) is 0 Å². The Balaban J connectivity index is 2.10. The van der Waals surface area contributed by atoms with Gasteiger partial charge in [-0.05, 0) is 32.4 Å². The van der Waals surface area contributed by atoms with E-state index < -0.39 is 28.9 Å². The Hall–Kier alpha value is -1.56. The average molecular weight is 286 g/mol. The summed E-state index contributed by atoms with van der Waals surface area (Å²) < 4.78 is 40.0. The molecular formula is C14H17F3N2O. The summed E-state index contributed by atoms with van der Waals surface area (Å²) in [6.07, 6.45) is 1.58. The van der Waals surface area contributed by atoms with Gasteiger partial charge in [-0.2, -0.15) is 0 Å². The minimum absolute atomic E-state index is 0.460. The molecular weight excluding hydrogens is 269 g/mol. The SMILES string of the molecule is CNCC1CCN(C(=O)c2c(F)cc(F)cc2F)CC1. The van der Waals surface area contributed by atoms with Crippen LogP contribution in [-0.4, -0.2) is 37.5 Å². The first-order valence-electron chi connectivity index (χ1n) is 6.61. The minimum atomic E-state index is -1.15. The van der Waals surface area contributed by atoms with Crippen LogP contribution >= 0.6 is 0 Å². The molecule has 1 saturated heterocycles. The highest BCUT2D eigenvalue weighted by atomic mass is 19.1. The molecule has 1 aromatic carbocycles. The number of hydrogen-bond acceptors (Lipinski definition) is 2. The fourth-order valence-corrected chi connectivity index (χ4v) is 2.53. The highest BCUT2D eigenvalue weighted by Crippen LogP contribution is 2.21. The Morgan fingerprint density at radius 1 is 1.25 bits per heavy atom. The zero-order valence-electron chi connectivity index (χ0n) is 11.3. The number of amides is 1. The normalized spacial score (nSPS) is 16.5. The Kier molecular flexibility index (Phi) is 4.65. The first-order chi connectivity index (χ1) is 9.52. The van der Waals surface area contributed by atoms with E-state index in [9.17, 15) is 18.0 Å². The van der Waals surface area contributed by atoms with Crippen molar-refractivity contribution in [1.29, 1.82) is 0 Å². The lowest BCUT2D eigenvalue weighted by Crippen LogP contribution is -2.41. The van der Waals surface area contributed by atoms with Gasteiger partial charge in [0.15, 0.2) is 0 Å². The number of carbonyl (C=O) groups excluding carboxylic acids is 1. The molecule has 1 aliphatic heterocycles. The Morgan fingerprint density at radius 2 is 1.80 bits per heavy atom. The molecule has 1 aliphatic rings. The van der Waals surface area contributed by atoms with Gasteiger partial charge < -0.3 is 10.2 Å². The Labute approximate surface area is 115 Å². The van der Waals surface area contributed by atoms with Gasteiger partial charge in [-0.15, -0.1) is 0 Å². The highest BCUT2D eigenvalue weighted by molar-refractivity contribution is 5.94. The van der Waals surface area contributed by atoms with Crippen LogP contribution in [0, 0.1) is 23.4 Å². The molecule has 1 heterocycles. The minimum Gasteiger partial charge on any atom is -0.338 e. The average Bonchev–Trinajstić information content (AvgIpc) is 2.38. The summed E-state index contributed by atoms with van der Waals surface area (Å²) in [7, 11) is 1.86. The van der Waals surface area contributed by atoms with Crippen LogP contribution in [0.4, 0.5) is 13.2 Å². The molecule has 20 heavy (non-hydrogen) atoms. The largest absolute Gasteiger partial charge is 0.338 e. The third-order valence-corrected chi connectivity index (χ3v) is 3.62. The van der Waals surface area contributed by atoms with Crippen LogP contribution in [0.3, 0.4) is 0 Å². The van der Waals surface area contributed by atoms with Gasteiger partial charge >= 0.3 is 0 Å². The highest BCUT2D eigenvalue weighted by Gasteiger charge is 2.27. The summed E-state index contributed by atoms with van der Waals surface area (Å²) in [4.78, 5) is 13.5. The van der Waals surface area contributed by atoms with Gasteiger partial charge in [-0.1, -0.05) is 0 Å². The van der Waals surface area contributed by atoms with E-state index in [1.54, 1.807) is 0 Å². The van der Waals surface area contributed by atoms with E-state index in [2.05, 4.69) is 5.32 Å². The summed E-state index contributed by atoms with van der Waals surface area (Å²) in [5, 5.41) is 3.07. The Morgan fingerprint density at radius 3 is 2.30 bits per heavy atom. The van der Waals surface area contributed by atoms with E-state index >= 15 is 0 Å². The maximum absolute atomic E-state index is 13.6. The molecule has 2 rings (SSSR count). The molecule has 3 nitrogen and oxygen atoms in total. The number of nitrogens with zero attached hydrogens (tertiary/aromatic N) is 1. The number of carbonyl (C=O) groups is 1. The van der Waals surface area contributed by atoms with Crippen molar-refractivity contribution >= 4 is 5.91 Å². The van der Waals surface area contributed by atoms with Crippen molar-refractivity contribution in [3.63, 3.8) is 0 Å². The van der Waals surface area contributed by atoms with Crippen LogP contribution in [0.1, 0.15) is 23.2 Å². The number of benzene rings is 1. The second-order valence-corrected chi connectivity index (χ2v) is 5.04. The zero-order chi connectivity index (χ0) is 14.7. The van der Waals surface area contributed by atoms with Crippen LogP contribution < -0.4 is 5.32 Å². The maximum atomic E-state index is 13.6. The van der Waals surface area contributed by atoms with E-state index in [0.717, 1.165) is 19.4 Å². The first kappa shape index (κ1) is 14.8. The fraction of sp³-hybridized carbons (Fsp3) is 0.500. The quantitative estimate of drug-likeness (QED) is 0.923. The smallest absolute Gasteiger partial charge is 0.259 e. The lowest BCUT2D eigenvalue weighted by Gasteiger charge is -2.32. The summed E-state index contributed by atoms with van der Waals surface area (Å²) >= 11 is 0. The van der Waals surface area contributed by atoms with Gasteiger partial charge in [0, 0.05) is 25.2 Å². The number of rotatable bonds is 3. The third kappa shape index (κ3) is 3.12. The monoisotopic (exact) mass is 286 g/mol. The van der Waals surface area contributed by atoms with Crippen LogP contribution in [-0.2, 0) is 0 Å². The topological polar surface area (TPSA) is 32.3 Å². The summed E-state index contributed by atoms with van der Waals surface area (Å²) in [5.41, 5.74) is -0.668. The fourth-order valence-electron chi connectivity index (χ4n) is 2.53. The number of nitrogens with one attached hydrogen (secondary N) is 1. The summed E-state index contributed by atoms with van der Waals surface area (Å²) in [6, 6.07) is 1.06. The van der Waals surface area contributed by atoms with Gasteiger partial charge in [0.05, 0.1) is 0 Å². The molecule has 0 radical (unpaired) electrons. The lowest BCUT2D eigenvalue weighted by molar-refractivity contribution is 0.0681. The van der Waals surface area contributed by atoms with Crippen molar-refractivity contribution < 1.29 is 18.0 Å². The van der Waals surface area contributed by atoms with E-state index in [-0.39, 0.29) is 0 Å². The van der Waals surface area contributed by atoms with Crippen molar-refractivity contribution in [2.75, 3.05) is 26.7 Å². The van der Waals surface area contributed by atoms with Crippen molar-refractivity contribution in [1.82, 2.24) is 10.2 Å². The molecule has 0 atom stereocenters. The van der Waals surface area contributed by atoms with E-state index in [0.29, 0.717) is 31.1 Å². The van der Waals surface area contributed by atoms with E-state index in [1.807, 2.05) is 7.05 Å². The van der Waals surface area contributed by atoms with Gasteiger partial charge in [-0.3, -0.25) is 4.79 Å². The molecule has 1 aromatic rings. The number of likely N-dealkylation sites (tertiary alicyclic amines) is 1. The molecule has 0 unspecified atom stereocenters. The predicted molar refractivity (Wildman–Crippen MR) is 68.9 cm³/mol. The number of halogens is 3. The molecule has 0 saturated carbocycles. The van der Waals surface area contributed by atoms with E-state index in [4.69, 9.17) is 0 Å². The lowest BCUT2D eigenvalue weighted by atomic mass is 9.96. The molecule has 1 N–H and O–H groups in total. The molecule has 0 aliphatic carbocycles. The predicted octanol–water partition coefficient (Wildman–Crippen LogP) is 2.18. The van der Waals surface area contributed by atoms with Gasteiger partial charge in [0.2, 0.25) is 0 Å². The van der Waals surface area contributed by atoms with Crippen LogP contribution in [0.25, 0.3) is 0 Å². The van der Waals surface area contributed by atoms with Gasteiger partial charge in [-0.25, -0.2) is 13.2 Å². The standard InChI is InChI=1S/C14H17F3N2O/c1-18-8-9-2-4-19(5-3-9)14(20)13-11(16)6-10(15)7-12(13)17/h6-7,9,18H,2-5,8H2,1H3. The van der Waals surface area contributed by atoms with Crippen molar-refractivity contribution in [2.24, 2.45) is 5.92 Å². The first-order valence-corrected chi connectivity index (χ1v) is 6.61. The molecule has 0 bridgehead atoms. The summed E-state index contributed by atoms with van der Waals surface area (Å²) in [6.45, 7) is 1.78. The van der Waals surface area contributed by atoms with Crippen molar-refractivity contribution in [2.45, 2.75) is 12.8 Å².